The number of hydrogen-bond acceptors (Lipinski definition) is 2. The van der Waals surface area contributed by atoms with Crippen LogP contribution in [-0.4, -0.2) is 10.9 Å². The Kier molecular flexibility index (Phi) is 3.91. The molecule has 1 saturated carbocycles. The largest absolute Gasteiger partial charge is 0.323 e. The van der Waals surface area contributed by atoms with Crippen LogP contribution >= 0.6 is 11.6 Å². The molecule has 1 aliphatic rings. The number of carbonyl (C=O) groups excluding carboxylic acids is 1. The Bertz CT molecular complexity index is 433. The van der Waals surface area contributed by atoms with Gasteiger partial charge in [0.2, 0.25) is 5.91 Å². The van der Waals surface area contributed by atoms with Crippen LogP contribution in [0.2, 0.25) is 5.15 Å². The second-order valence-electron chi connectivity index (χ2n) is 5.09. The molecule has 0 bridgehead atoms. The molecule has 3 nitrogen and oxygen atoms in total. The maximum Gasteiger partial charge on any atom is 0.230 e. The molecule has 1 aliphatic carbocycles. The molecule has 1 fully saturated rings. The molecule has 18 heavy (non-hydrogen) atoms. The molecule has 1 aromatic rings. The zero-order valence-corrected chi connectivity index (χ0v) is 11.7. The summed E-state index contributed by atoms with van der Waals surface area (Å²) in [4.78, 5) is 16.5. The van der Waals surface area contributed by atoms with Gasteiger partial charge in [0.15, 0.2) is 5.15 Å². The number of halogens is 1. The Labute approximate surface area is 113 Å². The summed E-state index contributed by atoms with van der Waals surface area (Å²) in [6, 6.07) is 1.86. The smallest absolute Gasteiger partial charge is 0.230 e. The summed E-state index contributed by atoms with van der Waals surface area (Å²) < 4.78 is 0. The van der Waals surface area contributed by atoms with Gasteiger partial charge in [-0.1, -0.05) is 31.4 Å². The standard InChI is InChI=1S/C14H19ClN2O/c1-3-14(7-4-5-8-14)13(18)17-11-10(2)6-9-16-12(11)15/h6,9H,3-5,7-8H2,1-2H3,(H,17,18). The van der Waals surface area contributed by atoms with E-state index in [2.05, 4.69) is 17.2 Å². The minimum Gasteiger partial charge on any atom is -0.323 e. The first-order chi connectivity index (χ1) is 8.59. The van der Waals surface area contributed by atoms with Gasteiger partial charge in [0.05, 0.1) is 5.69 Å². The molecule has 1 heterocycles. The van der Waals surface area contributed by atoms with E-state index in [4.69, 9.17) is 11.6 Å². The lowest BCUT2D eigenvalue weighted by Crippen LogP contribution is -2.33. The third-order valence-electron chi connectivity index (χ3n) is 4.07. The van der Waals surface area contributed by atoms with Crippen LogP contribution in [0.3, 0.4) is 0 Å². The van der Waals surface area contributed by atoms with E-state index in [0.29, 0.717) is 10.8 Å². The minimum absolute atomic E-state index is 0.0977. The van der Waals surface area contributed by atoms with Gasteiger partial charge in [-0.3, -0.25) is 4.79 Å². The molecule has 1 amide bonds. The van der Waals surface area contributed by atoms with E-state index in [-0.39, 0.29) is 11.3 Å². The summed E-state index contributed by atoms with van der Waals surface area (Å²) in [5, 5.41) is 3.35. The summed E-state index contributed by atoms with van der Waals surface area (Å²) in [6.45, 7) is 4.01. The molecule has 98 valence electrons. The van der Waals surface area contributed by atoms with E-state index in [9.17, 15) is 4.79 Å². The van der Waals surface area contributed by atoms with Crippen molar-refractivity contribution in [3.8, 4) is 0 Å². The highest BCUT2D eigenvalue weighted by Gasteiger charge is 2.39. The molecule has 0 unspecified atom stereocenters. The highest BCUT2D eigenvalue weighted by Crippen LogP contribution is 2.42. The maximum atomic E-state index is 12.5. The zero-order chi connectivity index (χ0) is 13.2. The predicted octanol–water partition coefficient (Wildman–Crippen LogP) is 3.95. The van der Waals surface area contributed by atoms with Gasteiger partial charge in [0.25, 0.3) is 0 Å². The molecule has 0 aromatic carbocycles. The van der Waals surface area contributed by atoms with E-state index in [1.807, 2.05) is 13.0 Å². The van der Waals surface area contributed by atoms with E-state index < -0.39 is 0 Å². The number of carbonyl (C=O) groups is 1. The zero-order valence-electron chi connectivity index (χ0n) is 10.9. The molecule has 4 heteroatoms. The first kappa shape index (κ1) is 13.3. The average molecular weight is 267 g/mol. The van der Waals surface area contributed by atoms with Crippen molar-refractivity contribution in [2.45, 2.75) is 46.0 Å². The molecule has 2 rings (SSSR count). The first-order valence-corrected chi connectivity index (χ1v) is 6.89. The molecule has 0 saturated heterocycles. The van der Waals surface area contributed by atoms with Gasteiger partial charge in [-0.25, -0.2) is 4.98 Å². The lowest BCUT2D eigenvalue weighted by atomic mass is 9.82. The fraction of sp³-hybridized carbons (Fsp3) is 0.571. The van der Waals surface area contributed by atoms with Crippen molar-refractivity contribution in [3.05, 3.63) is 23.0 Å². The first-order valence-electron chi connectivity index (χ1n) is 6.51. The highest BCUT2D eigenvalue weighted by molar-refractivity contribution is 6.32. The number of nitrogens with one attached hydrogen (secondary N) is 1. The topological polar surface area (TPSA) is 42.0 Å². The summed E-state index contributed by atoms with van der Waals surface area (Å²) in [7, 11) is 0. The van der Waals surface area contributed by atoms with Gasteiger partial charge in [-0.15, -0.1) is 0 Å². The number of hydrogen-bond donors (Lipinski definition) is 1. The lowest BCUT2D eigenvalue weighted by molar-refractivity contribution is -0.125. The lowest BCUT2D eigenvalue weighted by Gasteiger charge is -2.26. The van der Waals surface area contributed by atoms with Crippen LogP contribution in [0.1, 0.15) is 44.6 Å². The second-order valence-corrected chi connectivity index (χ2v) is 5.45. The summed E-state index contributed by atoms with van der Waals surface area (Å²) in [5.74, 6) is 0.0977. The van der Waals surface area contributed by atoms with Crippen molar-refractivity contribution >= 4 is 23.2 Å². The van der Waals surface area contributed by atoms with Crippen LogP contribution in [0.5, 0.6) is 0 Å². The number of nitrogens with zero attached hydrogens (tertiary/aromatic N) is 1. The van der Waals surface area contributed by atoms with Crippen molar-refractivity contribution in [2.24, 2.45) is 5.41 Å². The molecule has 0 aliphatic heterocycles. The molecule has 0 spiro atoms. The average Bonchev–Trinajstić information content (AvgIpc) is 2.84. The van der Waals surface area contributed by atoms with Crippen molar-refractivity contribution in [2.75, 3.05) is 5.32 Å². The monoisotopic (exact) mass is 266 g/mol. The quantitative estimate of drug-likeness (QED) is 0.842. The van der Waals surface area contributed by atoms with Gasteiger partial charge >= 0.3 is 0 Å². The van der Waals surface area contributed by atoms with Crippen molar-refractivity contribution in [1.82, 2.24) is 4.98 Å². The maximum absolute atomic E-state index is 12.5. The van der Waals surface area contributed by atoms with Crippen LogP contribution in [-0.2, 0) is 4.79 Å². The summed E-state index contributed by atoms with van der Waals surface area (Å²) in [5.41, 5.74) is 1.41. The molecule has 0 atom stereocenters. The number of aromatic nitrogens is 1. The minimum atomic E-state index is -0.203. The van der Waals surface area contributed by atoms with Crippen LogP contribution in [0.4, 0.5) is 5.69 Å². The Morgan fingerprint density at radius 1 is 1.50 bits per heavy atom. The van der Waals surface area contributed by atoms with Crippen molar-refractivity contribution in [1.29, 1.82) is 0 Å². The van der Waals surface area contributed by atoms with Crippen LogP contribution in [0, 0.1) is 12.3 Å². The molecular weight excluding hydrogens is 248 g/mol. The van der Waals surface area contributed by atoms with E-state index in [1.165, 1.54) is 0 Å². The normalized spacial score (nSPS) is 17.7. The fourth-order valence-corrected chi connectivity index (χ4v) is 2.97. The van der Waals surface area contributed by atoms with Gasteiger partial charge in [-0.05, 0) is 37.8 Å². The molecule has 0 radical (unpaired) electrons. The predicted molar refractivity (Wildman–Crippen MR) is 73.8 cm³/mol. The van der Waals surface area contributed by atoms with Gasteiger partial charge in [0.1, 0.15) is 0 Å². The number of pyridine rings is 1. The molecule has 1 N–H and O–H groups in total. The highest BCUT2D eigenvalue weighted by atomic mass is 35.5. The second kappa shape index (κ2) is 5.27. The Hall–Kier alpha value is -1.09. The van der Waals surface area contributed by atoms with E-state index in [0.717, 1.165) is 37.7 Å². The SMILES string of the molecule is CCC1(C(=O)Nc2c(C)ccnc2Cl)CCCC1. The van der Waals surface area contributed by atoms with E-state index >= 15 is 0 Å². The van der Waals surface area contributed by atoms with Gasteiger partial charge < -0.3 is 5.32 Å². The third-order valence-corrected chi connectivity index (χ3v) is 4.36. The number of anilines is 1. The number of amides is 1. The van der Waals surface area contributed by atoms with Crippen LogP contribution in [0.15, 0.2) is 12.3 Å². The van der Waals surface area contributed by atoms with Gasteiger partial charge in [-0.2, -0.15) is 0 Å². The van der Waals surface area contributed by atoms with Crippen molar-refractivity contribution < 1.29 is 4.79 Å². The van der Waals surface area contributed by atoms with Crippen LogP contribution in [0.25, 0.3) is 0 Å². The van der Waals surface area contributed by atoms with Crippen molar-refractivity contribution in [3.63, 3.8) is 0 Å². The van der Waals surface area contributed by atoms with Gasteiger partial charge in [0, 0.05) is 11.6 Å². The Balaban J connectivity index is 2.21. The Morgan fingerprint density at radius 2 is 2.17 bits per heavy atom. The summed E-state index contributed by atoms with van der Waals surface area (Å²) in [6.07, 6.45) is 6.77. The summed E-state index contributed by atoms with van der Waals surface area (Å²) >= 11 is 6.04. The third kappa shape index (κ3) is 2.37. The number of rotatable bonds is 3. The number of aryl methyl sites for hydroxylation is 1. The Morgan fingerprint density at radius 3 is 2.72 bits per heavy atom. The fourth-order valence-electron chi connectivity index (χ4n) is 2.71. The van der Waals surface area contributed by atoms with Crippen LogP contribution < -0.4 is 5.32 Å². The molecule has 1 aromatic heterocycles. The van der Waals surface area contributed by atoms with E-state index in [1.54, 1.807) is 6.20 Å². The molecular formula is C14H19ClN2O.